The van der Waals surface area contributed by atoms with Gasteiger partial charge in [0.1, 0.15) is 0 Å². The Morgan fingerprint density at radius 1 is 0.769 bits per heavy atom. The van der Waals surface area contributed by atoms with E-state index >= 15 is 0 Å². The molecule has 1 saturated carbocycles. The second-order valence-electron chi connectivity index (χ2n) is 13.4. The third kappa shape index (κ3) is 16.1. The second kappa shape index (κ2) is 18.4. The lowest BCUT2D eigenvalue weighted by Crippen LogP contribution is -2.39. The number of nitrogens with one attached hydrogen (secondary N) is 1. The van der Waals surface area contributed by atoms with Gasteiger partial charge in [-0.15, -0.1) is 0 Å². The molecule has 2 aliphatic heterocycles. The van der Waals surface area contributed by atoms with Crippen LogP contribution in [0.3, 0.4) is 0 Å². The molecule has 5 nitrogen and oxygen atoms in total. The summed E-state index contributed by atoms with van der Waals surface area (Å²) in [6, 6.07) is 4.87. The SMILES string of the molecule is CC(C)N1CCC(F)(F)C1.CC(C)N1CCCCC1.CC(C)n1cccn1.CC1CC(C)CC(NC(C)C)C1. The highest BCUT2D eigenvalue weighted by atomic mass is 19.3. The Morgan fingerprint density at radius 2 is 1.33 bits per heavy atom. The third-order valence-electron chi connectivity index (χ3n) is 7.85. The average molecular weight is 556 g/mol. The van der Waals surface area contributed by atoms with Gasteiger partial charge in [-0.3, -0.25) is 9.58 Å². The van der Waals surface area contributed by atoms with Crippen LogP contribution in [-0.4, -0.2) is 75.8 Å². The number of nitrogens with zero attached hydrogens (tertiary/aromatic N) is 4. The maximum Gasteiger partial charge on any atom is 0.261 e. The van der Waals surface area contributed by atoms with Crippen LogP contribution in [0.1, 0.15) is 120 Å². The van der Waals surface area contributed by atoms with E-state index in [2.05, 4.69) is 70.7 Å². The first-order valence-corrected chi connectivity index (χ1v) is 15.8. The van der Waals surface area contributed by atoms with Gasteiger partial charge in [0.05, 0.1) is 6.54 Å². The lowest BCUT2D eigenvalue weighted by molar-refractivity contribution is 0.00920. The predicted octanol–water partition coefficient (Wildman–Crippen LogP) is 7.89. The number of halogens is 2. The predicted molar refractivity (Wildman–Crippen MR) is 164 cm³/mol. The van der Waals surface area contributed by atoms with Gasteiger partial charge in [-0.2, -0.15) is 5.10 Å². The lowest BCUT2D eigenvalue weighted by Gasteiger charge is -2.33. The highest BCUT2D eigenvalue weighted by Gasteiger charge is 2.38. The third-order valence-corrected chi connectivity index (χ3v) is 7.85. The number of piperidine rings is 1. The van der Waals surface area contributed by atoms with Crippen LogP contribution in [-0.2, 0) is 0 Å². The van der Waals surface area contributed by atoms with Crippen molar-refractivity contribution < 1.29 is 8.78 Å². The number of hydrogen-bond donors (Lipinski definition) is 1. The van der Waals surface area contributed by atoms with Crippen LogP contribution >= 0.6 is 0 Å². The molecule has 0 amide bonds. The molecule has 3 fully saturated rings. The molecule has 39 heavy (non-hydrogen) atoms. The first kappa shape index (κ1) is 36.0. The van der Waals surface area contributed by atoms with Crippen molar-refractivity contribution in [2.45, 2.75) is 150 Å². The van der Waals surface area contributed by atoms with Crippen LogP contribution in [0.5, 0.6) is 0 Å². The normalized spacial score (nSPS) is 25.6. The minimum Gasteiger partial charge on any atom is -0.312 e. The van der Waals surface area contributed by atoms with Gasteiger partial charge in [0.25, 0.3) is 5.92 Å². The molecule has 2 saturated heterocycles. The summed E-state index contributed by atoms with van der Waals surface area (Å²) in [6.45, 7) is 25.1. The molecule has 0 bridgehead atoms. The van der Waals surface area contributed by atoms with E-state index in [1.807, 2.05) is 30.8 Å². The molecular weight excluding hydrogens is 492 g/mol. The van der Waals surface area contributed by atoms with Crippen molar-refractivity contribution in [3.05, 3.63) is 18.5 Å². The number of aromatic nitrogens is 2. The van der Waals surface area contributed by atoms with Gasteiger partial charge in [-0.25, -0.2) is 8.78 Å². The van der Waals surface area contributed by atoms with Gasteiger partial charge in [0.15, 0.2) is 0 Å². The molecule has 7 heteroatoms. The van der Waals surface area contributed by atoms with Crippen LogP contribution in [0, 0.1) is 11.8 Å². The van der Waals surface area contributed by atoms with Crippen LogP contribution in [0.15, 0.2) is 18.5 Å². The molecule has 1 aliphatic carbocycles. The molecule has 3 heterocycles. The zero-order chi connectivity index (χ0) is 29.6. The summed E-state index contributed by atoms with van der Waals surface area (Å²) < 4.78 is 26.9. The Morgan fingerprint density at radius 3 is 1.64 bits per heavy atom. The number of likely N-dealkylation sites (tertiary alicyclic amines) is 2. The standard InChI is InChI=1S/C11H23N.C8H17N.C7H13F2N.C6H10N2/c1-8(2)12-11-6-9(3)5-10(4)7-11;1-8(2)9-6-4-3-5-7-9;1-6(2)10-4-3-7(8,9)5-10;1-6(2)8-5-3-4-7-8/h8-12H,5-7H2,1-4H3;8H,3-7H2,1-2H3;6H,3-5H2,1-2H3;3-6H,1-2H3. The van der Waals surface area contributed by atoms with E-state index in [0.29, 0.717) is 18.6 Å². The first-order chi connectivity index (χ1) is 18.2. The van der Waals surface area contributed by atoms with Gasteiger partial charge < -0.3 is 10.2 Å². The maximum absolute atomic E-state index is 12.5. The fraction of sp³-hybridized carbons (Fsp3) is 0.906. The van der Waals surface area contributed by atoms with E-state index in [9.17, 15) is 8.78 Å². The number of alkyl halides is 2. The summed E-state index contributed by atoms with van der Waals surface area (Å²) in [5.74, 6) is -0.584. The maximum atomic E-state index is 12.5. The monoisotopic (exact) mass is 556 g/mol. The van der Waals surface area contributed by atoms with Crippen molar-refractivity contribution in [3.8, 4) is 0 Å². The van der Waals surface area contributed by atoms with Crippen LogP contribution in [0.2, 0.25) is 0 Å². The van der Waals surface area contributed by atoms with E-state index in [0.717, 1.165) is 23.9 Å². The molecular formula is C32H63F2N5. The Bertz CT molecular complexity index is 701. The van der Waals surface area contributed by atoms with Crippen molar-refractivity contribution >= 4 is 0 Å². The van der Waals surface area contributed by atoms with Gasteiger partial charge in [-0.05, 0) is 105 Å². The smallest absolute Gasteiger partial charge is 0.261 e. The molecule has 2 atom stereocenters. The molecule has 230 valence electrons. The topological polar surface area (TPSA) is 36.3 Å². The summed E-state index contributed by atoms with van der Waals surface area (Å²) in [6.07, 6.45) is 12.2. The summed E-state index contributed by atoms with van der Waals surface area (Å²) in [5.41, 5.74) is 0. The molecule has 0 radical (unpaired) electrons. The first-order valence-electron chi connectivity index (χ1n) is 15.8. The van der Waals surface area contributed by atoms with E-state index in [1.165, 1.54) is 51.6 Å². The van der Waals surface area contributed by atoms with Crippen LogP contribution in [0.4, 0.5) is 8.78 Å². The fourth-order valence-corrected chi connectivity index (χ4v) is 5.78. The van der Waals surface area contributed by atoms with Crippen molar-refractivity contribution in [2.24, 2.45) is 11.8 Å². The molecule has 1 aromatic heterocycles. The van der Waals surface area contributed by atoms with E-state index < -0.39 is 5.92 Å². The van der Waals surface area contributed by atoms with Crippen molar-refractivity contribution in [3.63, 3.8) is 0 Å². The Balaban J connectivity index is 0.000000263. The minimum absolute atomic E-state index is 0.0329. The fourth-order valence-electron chi connectivity index (χ4n) is 5.78. The van der Waals surface area contributed by atoms with E-state index in [-0.39, 0.29) is 19.0 Å². The summed E-state index contributed by atoms with van der Waals surface area (Å²) >= 11 is 0. The molecule has 1 aromatic rings. The number of hydrogen-bond acceptors (Lipinski definition) is 4. The highest BCUT2D eigenvalue weighted by molar-refractivity contribution is 4.83. The lowest BCUT2D eigenvalue weighted by atomic mass is 9.80. The van der Waals surface area contributed by atoms with Crippen molar-refractivity contribution in [1.82, 2.24) is 24.9 Å². The average Bonchev–Trinajstić information content (AvgIpc) is 3.50. The molecule has 1 N–H and O–H groups in total. The Kier molecular flexibility index (Phi) is 17.0. The van der Waals surface area contributed by atoms with E-state index in [1.54, 1.807) is 11.1 Å². The molecule has 4 rings (SSSR count). The zero-order valence-electron chi connectivity index (χ0n) is 27.1. The molecule has 0 aromatic carbocycles. The molecule has 3 aliphatic rings. The van der Waals surface area contributed by atoms with Crippen LogP contribution < -0.4 is 5.32 Å². The van der Waals surface area contributed by atoms with Crippen LogP contribution in [0.25, 0.3) is 0 Å². The summed E-state index contributed by atoms with van der Waals surface area (Å²) in [4.78, 5) is 4.36. The second-order valence-corrected chi connectivity index (χ2v) is 13.4. The highest BCUT2D eigenvalue weighted by Crippen LogP contribution is 2.29. The summed E-state index contributed by atoms with van der Waals surface area (Å²) in [7, 11) is 0. The minimum atomic E-state index is -2.43. The quantitative estimate of drug-likeness (QED) is 0.401. The Hall–Kier alpha value is -1.05. The van der Waals surface area contributed by atoms with E-state index in [4.69, 9.17) is 0 Å². The van der Waals surface area contributed by atoms with Gasteiger partial charge >= 0.3 is 0 Å². The largest absolute Gasteiger partial charge is 0.312 e. The van der Waals surface area contributed by atoms with Crippen molar-refractivity contribution in [1.29, 1.82) is 0 Å². The number of rotatable bonds is 5. The summed E-state index contributed by atoms with van der Waals surface area (Å²) in [5, 5.41) is 7.67. The van der Waals surface area contributed by atoms with Gasteiger partial charge in [0, 0.05) is 55.6 Å². The molecule has 2 unspecified atom stereocenters. The zero-order valence-corrected chi connectivity index (χ0v) is 27.1. The van der Waals surface area contributed by atoms with Gasteiger partial charge in [0.2, 0.25) is 0 Å². The van der Waals surface area contributed by atoms with Crippen molar-refractivity contribution in [2.75, 3.05) is 26.2 Å². The Labute approximate surface area is 240 Å². The van der Waals surface area contributed by atoms with Gasteiger partial charge in [-0.1, -0.05) is 34.1 Å². The molecule has 0 spiro atoms.